The van der Waals surface area contributed by atoms with Gasteiger partial charge in [-0.05, 0) is 41.4 Å². The first-order chi connectivity index (χ1) is 13.6. The minimum atomic E-state index is -0.162. The SMILES string of the molecule is COC(C)c1noc(CN2CCCN(c3ccnc4cc(Br)cnc34)CC2)n1. The molecule has 0 radical (unpaired) electrons. The quantitative estimate of drug-likeness (QED) is 0.590. The molecule has 148 valence electrons. The van der Waals surface area contributed by atoms with Crippen molar-refractivity contribution < 1.29 is 9.26 Å². The van der Waals surface area contributed by atoms with Crippen molar-refractivity contribution in [1.82, 2.24) is 25.0 Å². The lowest BCUT2D eigenvalue weighted by molar-refractivity contribution is 0.109. The Morgan fingerprint density at radius 2 is 2.14 bits per heavy atom. The third-order valence-corrected chi connectivity index (χ3v) is 5.45. The maximum Gasteiger partial charge on any atom is 0.240 e. The number of hydrogen-bond donors (Lipinski definition) is 0. The highest BCUT2D eigenvalue weighted by atomic mass is 79.9. The minimum Gasteiger partial charge on any atom is -0.374 e. The van der Waals surface area contributed by atoms with Gasteiger partial charge in [-0.3, -0.25) is 14.9 Å². The fourth-order valence-electron chi connectivity index (χ4n) is 3.41. The topological polar surface area (TPSA) is 80.4 Å². The Labute approximate surface area is 172 Å². The molecule has 0 N–H and O–H groups in total. The number of pyridine rings is 2. The van der Waals surface area contributed by atoms with Crippen molar-refractivity contribution >= 4 is 32.7 Å². The van der Waals surface area contributed by atoms with E-state index in [0.717, 1.165) is 53.8 Å². The zero-order valence-electron chi connectivity index (χ0n) is 16.0. The monoisotopic (exact) mass is 446 g/mol. The zero-order valence-corrected chi connectivity index (χ0v) is 17.6. The van der Waals surface area contributed by atoms with Gasteiger partial charge in [0.1, 0.15) is 11.6 Å². The summed E-state index contributed by atoms with van der Waals surface area (Å²) in [4.78, 5) is 18.2. The van der Waals surface area contributed by atoms with E-state index in [1.807, 2.05) is 25.4 Å². The van der Waals surface area contributed by atoms with Crippen molar-refractivity contribution in [1.29, 1.82) is 0 Å². The van der Waals surface area contributed by atoms with Crippen molar-refractivity contribution in [3.8, 4) is 0 Å². The van der Waals surface area contributed by atoms with E-state index in [1.54, 1.807) is 7.11 Å². The normalized spacial score (nSPS) is 17.0. The highest BCUT2D eigenvalue weighted by molar-refractivity contribution is 9.10. The Morgan fingerprint density at radius 1 is 1.25 bits per heavy atom. The number of hydrogen-bond acceptors (Lipinski definition) is 8. The Hall–Kier alpha value is -2.10. The molecule has 4 heterocycles. The first-order valence-corrected chi connectivity index (χ1v) is 10.2. The first-order valence-electron chi connectivity index (χ1n) is 9.37. The molecule has 0 aliphatic carbocycles. The lowest BCUT2D eigenvalue weighted by Crippen LogP contribution is -2.30. The smallest absolute Gasteiger partial charge is 0.240 e. The molecule has 1 aliphatic heterocycles. The van der Waals surface area contributed by atoms with Crippen LogP contribution in [-0.2, 0) is 11.3 Å². The molecule has 3 aromatic heterocycles. The number of rotatable bonds is 5. The number of nitrogens with zero attached hydrogens (tertiary/aromatic N) is 6. The van der Waals surface area contributed by atoms with Gasteiger partial charge in [-0.2, -0.15) is 4.98 Å². The van der Waals surface area contributed by atoms with Gasteiger partial charge in [-0.15, -0.1) is 0 Å². The van der Waals surface area contributed by atoms with Crippen LogP contribution < -0.4 is 4.90 Å². The number of ether oxygens (including phenoxy) is 1. The second-order valence-electron chi connectivity index (χ2n) is 6.89. The van der Waals surface area contributed by atoms with Gasteiger partial charge in [0.2, 0.25) is 5.89 Å². The van der Waals surface area contributed by atoms with Crippen LogP contribution in [0.2, 0.25) is 0 Å². The Kier molecular flexibility index (Phi) is 5.84. The van der Waals surface area contributed by atoms with Gasteiger partial charge in [0.05, 0.1) is 17.7 Å². The molecule has 1 aliphatic rings. The van der Waals surface area contributed by atoms with E-state index in [9.17, 15) is 0 Å². The van der Waals surface area contributed by atoms with Crippen LogP contribution in [0.1, 0.15) is 31.2 Å². The molecule has 0 saturated carbocycles. The van der Waals surface area contributed by atoms with Crippen LogP contribution in [0.5, 0.6) is 0 Å². The highest BCUT2D eigenvalue weighted by Gasteiger charge is 2.20. The van der Waals surface area contributed by atoms with E-state index in [4.69, 9.17) is 9.26 Å². The molecular formula is C19H23BrN6O2. The maximum absolute atomic E-state index is 5.39. The van der Waals surface area contributed by atoms with Crippen molar-refractivity contribution in [2.24, 2.45) is 0 Å². The fourth-order valence-corrected chi connectivity index (χ4v) is 3.73. The molecule has 8 nitrogen and oxygen atoms in total. The van der Waals surface area contributed by atoms with Crippen LogP contribution in [0.4, 0.5) is 5.69 Å². The Bertz CT molecular complexity index is 949. The van der Waals surface area contributed by atoms with Gasteiger partial charge < -0.3 is 14.2 Å². The zero-order chi connectivity index (χ0) is 19.5. The molecule has 4 rings (SSSR count). The maximum atomic E-state index is 5.39. The van der Waals surface area contributed by atoms with Crippen LogP contribution in [0, 0.1) is 0 Å². The standard InChI is InChI=1S/C19H23BrN6O2/c1-13(27-2)19-23-17(28-24-19)12-25-6-3-7-26(9-8-25)16-4-5-21-15-10-14(20)11-22-18(15)16/h4-5,10-11,13H,3,6-9,12H2,1-2H3. The van der Waals surface area contributed by atoms with E-state index in [-0.39, 0.29) is 6.10 Å². The molecule has 1 saturated heterocycles. The fraction of sp³-hybridized carbons (Fsp3) is 0.474. The molecule has 0 bridgehead atoms. The average Bonchev–Trinajstić information content (AvgIpc) is 3.05. The summed E-state index contributed by atoms with van der Waals surface area (Å²) >= 11 is 3.47. The van der Waals surface area contributed by atoms with Gasteiger partial charge in [0, 0.05) is 50.2 Å². The van der Waals surface area contributed by atoms with Crippen LogP contribution in [0.15, 0.2) is 33.5 Å². The van der Waals surface area contributed by atoms with Gasteiger partial charge in [-0.1, -0.05) is 5.16 Å². The third kappa shape index (κ3) is 4.16. The first kappa shape index (κ1) is 19.2. The summed E-state index contributed by atoms with van der Waals surface area (Å²) in [5, 5.41) is 4.01. The molecule has 3 aromatic rings. The van der Waals surface area contributed by atoms with Crippen LogP contribution in [0.25, 0.3) is 11.0 Å². The largest absolute Gasteiger partial charge is 0.374 e. The number of aromatic nitrogens is 4. The highest BCUT2D eigenvalue weighted by Crippen LogP contribution is 2.26. The van der Waals surface area contributed by atoms with Gasteiger partial charge in [0.25, 0.3) is 0 Å². The predicted octanol–water partition coefficient (Wildman–Crippen LogP) is 3.20. The Morgan fingerprint density at radius 3 is 3.00 bits per heavy atom. The van der Waals surface area contributed by atoms with Crippen LogP contribution in [-0.4, -0.2) is 58.3 Å². The summed E-state index contributed by atoms with van der Waals surface area (Å²) in [6.07, 6.45) is 4.57. The van der Waals surface area contributed by atoms with Gasteiger partial charge in [-0.25, -0.2) is 0 Å². The van der Waals surface area contributed by atoms with E-state index in [2.05, 4.69) is 51.9 Å². The lowest BCUT2D eigenvalue weighted by atomic mass is 10.2. The molecule has 1 unspecified atom stereocenters. The summed E-state index contributed by atoms with van der Waals surface area (Å²) in [6, 6.07) is 4.06. The van der Waals surface area contributed by atoms with E-state index >= 15 is 0 Å². The minimum absolute atomic E-state index is 0.162. The van der Waals surface area contributed by atoms with Crippen molar-refractivity contribution in [2.45, 2.75) is 26.0 Å². The van der Waals surface area contributed by atoms with Crippen molar-refractivity contribution in [2.75, 3.05) is 38.2 Å². The van der Waals surface area contributed by atoms with E-state index in [0.29, 0.717) is 18.3 Å². The second kappa shape index (κ2) is 8.50. The summed E-state index contributed by atoms with van der Waals surface area (Å²) in [7, 11) is 1.64. The molecule has 28 heavy (non-hydrogen) atoms. The van der Waals surface area contributed by atoms with E-state index in [1.165, 1.54) is 0 Å². The molecule has 1 atom stereocenters. The molecule has 0 amide bonds. The number of methoxy groups -OCH3 is 1. The summed E-state index contributed by atoms with van der Waals surface area (Å²) in [5.74, 6) is 1.22. The van der Waals surface area contributed by atoms with Gasteiger partial charge in [0.15, 0.2) is 5.82 Å². The summed E-state index contributed by atoms with van der Waals surface area (Å²) in [6.45, 7) is 6.34. The van der Waals surface area contributed by atoms with Crippen molar-refractivity contribution in [3.63, 3.8) is 0 Å². The third-order valence-electron chi connectivity index (χ3n) is 5.01. The summed E-state index contributed by atoms with van der Waals surface area (Å²) < 4.78 is 11.6. The molecule has 0 aromatic carbocycles. The Balaban J connectivity index is 1.45. The number of anilines is 1. The summed E-state index contributed by atoms with van der Waals surface area (Å²) in [5.41, 5.74) is 2.97. The average molecular weight is 447 g/mol. The predicted molar refractivity (Wildman–Crippen MR) is 109 cm³/mol. The van der Waals surface area contributed by atoms with Crippen LogP contribution >= 0.6 is 15.9 Å². The van der Waals surface area contributed by atoms with Crippen molar-refractivity contribution in [3.05, 3.63) is 40.7 Å². The molecular weight excluding hydrogens is 424 g/mol. The number of fused-ring (bicyclic) bond motifs is 1. The van der Waals surface area contributed by atoms with Crippen LogP contribution in [0.3, 0.4) is 0 Å². The molecule has 9 heteroatoms. The number of halogens is 1. The molecule has 1 fully saturated rings. The van der Waals surface area contributed by atoms with E-state index < -0.39 is 0 Å². The lowest BCUT2D eigenvalue weighted by Gasteiger charge is -2.24. The molecule has 0 spiro atoms. The second-order valence-corrected chi connectivity index (χ2v) is 7.81. The van der Waals surface area contributed by atoms with Gasteiger partial charge >= 0.3 is 0 Å².